The molecule has 1 aromatic rings. The topological polar surface area (TPSA) is 53.2 Å². The Kier molecular flexibility index (Phi) is 4.56. The van der Waals surface area contributed by atoms with Gasteiger partial charge in [0.1, 0.15) is 0 Å². The molecule has 1 amide bonds. The van der Waals surface area contributed by atoms with Crippen LogP contribution in [0.1, 0.15) is 24.5 Å². The second kappa shape index (κ2) is 6.17. The van der Waals surface area contributed by atoms with Crippen molar-refractivity contribution in [2.24, 2.45) is 0 Å². The maximum absolute atomic E-state index is 11.8. The van der Waals surface area contributed by atoms with Gasteiger partial charge in [-0.25, -0.2) is 0 Å². The first-order chi connectivity index (χ1) is 9.07. The number of nitrogens with one attached hydrogen (secondary N) is 3. The summed E-state index contributed by atoms with van der Waals surface area (Å²) in [7, 11) is 0. The van der Waals surface area contributed by atoms with Gasteiger partial charge in [-0.2, -0.15) is 0 Å². The first kappa shape index (κ1) is 14.0. The molecule has 1 atom stereocenters. The van der Waals surface area contributed by atoms with Gasteiger partial charge in [0, 0.05) is 18.6 Å². The van der Waals surface area contributed by atoms with E-state index in [2.05, 4.69) is 41.9 Å². The third kappa shape index (κ3) is 4.33. The highest BCUT2D eigenvalue weighted by Gasteiger charge is 2.27. The number of aryl methyl sites for hydroxylation is 1. The van der Waals surface area contributed by atoms with Crippen LogP contribution in [0.5, 0.6) is 0 Å². The van der Waals surface area contributed by atoms with E-state index >= 15 is 0 Å². The quantitative estimate of drug-likeness (QED) is 0.740. The molecule has 1 aliphatic rings. The zero-order valence-electron chi connectivity index (χ0n) is 11.8. The molecule has 4 heteroatoms. The van der Waals surface area contributed by atoms with Crippen molar-refractivity contribution in [3.8, 4) is 0 Å². The van der Waals surface area contributed by atoms with Crippen LogP contribution in [0.15, 0.2) is 24.3 Å². The lowest BCUT2D eigenvalue weighted by molar-refractivity contribution is -0.120. The van der Waals surface area contributed by atoms with Crippen LogP contribution >= 0.6 is 0 Å². The maximum atomic E-state index is 11.8. The number of carbonyl (C=O) groups excluding carboxylic acids is 1. The minimum Gasteiger partial charge on any atom is -0.351 e. The van der Waals surface area contributed by atoms with Crippen molar-refractivity contribution in [1.82, 2.24) is 16.0 Å². The molecule has 1 aromatic carbocycles. The second-order valence-corrected chi connectivity index (χ2v) is 5.60. The van der Waals surface area contributed by atoms with Crippen molar-refractivity contribution in [1.29, 1.82) is 0 Å². The summed E-state index contributed by atoms with van der Waals surface area (Å²) in [6.45, 7) is 7.13. The van der Waals surface area contributed by atoms with Gasteiger partial charge in [-0.1, -0.05) is 29.8 Å². The van der Waals surface area contributed by atoms with Crippen molar-refractivity contribution in [3.63, 3.8) is 0 Å². The largest absolute Gasteiger partial charge is 0.351 e. The molecule has 1 heterocycles. The molecular formula is C15H23N3O. The van der Waals surface area contributed by atoms with Gasteiger partial charge in [-0.05, 0) is 32.4 Å². The van der Waals surface area contributed by atoms with Gasteiger partial charge in [-0.15, -0.1) is 0 Å². The van der Waals surface area contributed by atoms with Gasteiger partial charge >= 0.3 is 0 Å². The average Bonchev–Trinajstić information content (AvgIpc) is 2.83. The average molecular weight is 261 g/mol. The zero-order chi connectivity index (χ0) is 13.7. The minimum atomic E-state index is 0.0497. The van der Waals surface area contributed by atoms with Crippen LogP contribution in [0.3, 0.4) is 0 Å². The van der Waals surface area contributed by atoms with E-state index in [9.17, 15) is 4.79 Å². The zero-order valence-corrected chi connectivity index (χ0v) is 11.8. The molecular weight excluding hydrogens is 238 g/mol. The molecule has 1 aliphatic heterocycles. The lowest BCUT2D eigenvalue weighted by atomic mass is 10.0. The Labute approximate surface area is 115 Å². The van der Waals surface area contributed by atoms with Gasteiger partial charge < -0.3 is 16.0 Å². The molecule has 0 saturated carbocycles. The van der Waals surface area contributed by atoms with Crippen LogP contribution in [0.25, 0.3) is 0 Å². The summed E-state index contributed by atoms with van der Waals surface area (Å²) in [6.07, 6.45) is 1.07. The number of rotatable bonds is 5. The Balaban J connectivity index is 1.71. The Morgan fingerprint density at radius 1 is 1.37 bits per heavy atom. The number of amides is 1. The first-order valence-electron chi connectivity index (χ1n) is 6.85. The van der Waals surface area contributed by atoms with E-state index < -0.39 is 0 Å². The number of hydrogen-bond donors (Lipinski definition) is 3. The van der Waals surface area contributed by atoms with E-state index in [1.165, 1.54) is 5.56 Å². The predicted octanol–water partition coefficient (Wildman–Crippen LogP) is 0.953. The highest BCUT2D eigenvalue weighted by atomic mass is 16.1. The van der Waals surface area contributed by atoms with Crippen LogP contribution in [-0.4, -0.2) is 31.1 Å². The summed E-state index contributed by atoms with van der Waals surface area (Å²) in [6, 6.07) is 8.21. The lowest BCUT2D eigenvalue weighted by Gasteiger charge is -2.24. The third-order valence-electron chi connectivity index (χ3n) is 3.65. The van der Waals surface area contributed by atoms with Crippen molar-refractivity contribution >= 4 is 5.91 Å². The molecule has 0 aliphatic carbocycles. The molecule has 104 valence electrons. The molecule has 4 nitrogen and oxygen atoms in total. The monoisotopic (exact) mass is 261 g/mol. The van der Waals surface area contributed by atoms with Crippen molar-refractivity contribution in [3.05, 3.63) is 35.4 Å². The van der Waals surface area contributed by atoms with E-state index in [1.54, 1.807) is 0 Å². The van der Waals surface area contributed by atoms with E-state index in [0.29, 0.717) is 13.1 Å². The van der Waals surface area contributed by atoms with E-state index in [-0.39, 0.29) is 11.4 Å². The molecule has 0 spiro atoms. The highest BCUT2D eigenvalue weighted by molar-refractivity contribution is 5.78. The maximum Gasteiger partial charge on any atom is 0.234 e. The molecule has 1 unspecified atom stereocenters. The standard InChI is InChI=1S/C15H23N3O/c1-12-3-5-13(6-4-12)9-17-14(19)10-18-15(2)7-8-16-11-15/h3-6,16,18H,7-11H2,1-2H3,(H,17,19). The second-order valence-electron chi connectivity index (χ2n) is 5.60. The van der Waals surface area contributed by atoms with Crippen molar-refractivity contribution in [2.45, 2.75) is 32.4 Å². The van der Waals surface area contributed by atoms with E-state index in [1.807, 2.05) is 12.1 Å². The van der Waals surface area contributed by atoms with Crippen LogP contribution in [0.4, 0.5) is 0 Å². The Morgan fingerprint density at radius 2 is 2.11 bits per heavy atom. The molecule has 19 heavy (non-hydrogen) atoms. The molecule has 0 bridgehead atoms. The fraction of sp³-hybridized carbons (Fsp3) is 0.533. The minimum absolute atomic E-state index is 0.0497. The SMILES string of the molecule is Cc1ccc(CNC(=O)CNC2(C)CCNC2)cc1. The van der Waals surface area contributed by atoms with Crippen LogP contribution in [-0.2, 0) is 11.3 Å². The highest BCUT2D eigenvalue weighted by Crippen LogP contribution is 2.12. The summed E-state index contributed by atoms with van der Waals surface area (Å²) in [5.74, 6) is 0.0497. The number of hydrogen-bond acceptors (Lipinski definition) is 3. The summed E-state index contributed by atoms with van der Waals surface area (Å²) < 4.78 is 0. The Morgan fingerprint density at radius 3 is 2.74 bits per heavy atom. The fourth-order valence-electron chi connectivity index (χ4n) is 2.23. The first-order valence-corrected chi connectivity index (χ1v) is 6.85. The predicted molar refractivity (Wildman–Crippen MR) is 76.9 cm³/mol. The van der Waals surface area contributed by atoms with Gasteiger partial charge in [-0.3, -0.25) is 4.79 Å². The van der Waals surface area contributed by atoms with Gasteiger partial charge in [0.25, 0.3) is 0 Å². The van der Waals surface area contributed by atoms with Gasteiger partial charge in [0.15, 0.2) is 0 Å². The lowest BCUT2D eigenvalue weighted by Crippen LogP contribution is -2.48. The van der Waals surface area contributed by atoms with E-state index in [4.69, 9.17) is 0 Å². The molecule has 2 rings (SSSR count). The Bertz CT molecular complexity index is 422. The van der Waals surface area contributed by atoms with Crippen molar-refractivity contribution < 1.29 is 4.79 Å². The molecule has 0 aromatic heterocycles. The van der Waals surface area contributed by atoms with Gasteiger partial charge in [0.05, 0.1) is 6.54 Å². The van der Waals surface area contributed by atoms with Gasteiger partial charge in [0.2, 0.25) is 5.91 Å². The summed E-state index contributed by atoms with van der Waals surface area (Å²) in [4.78, 5) is 11.8. The third-order valence-corrected chi connectivity index (χ3v) is 3.65. The molecule has 1 fully saturated rings. The fourth-order valence-corrected chi connectivity index (χ4v) is 2.23. The van der Waals surface area contributed by atoms with Crippen LogP contribution < -0.4 is 16.0 Å². The van der Waals surface area contributed by atoms with Crippen LogP contribution in [0.2, 0.25) is 0 Å². The normalized spacial score (nSPS) is 22.4. The van der Waals surface area contributed by atoms with Crippen molar-refractivity contribution in [2.75, 3.05) is 19.6 Å². The number of carbonyl (C=O) groups is 1. The number of benzene rings is 1. The molecule has 0 radical (unpaired) electrons. The Hall–Kier alpha value is -1.39. The van der Waals surface area contributed by atoms with Crippen LogP contribution in [0, 0.1) is 6.92 Å². The van der Waals surface area contributed by atoms with E-state index in [0.717, 1.165) is 25.1 Å². The summed E-state index contributed by atoms with van der Waals surface area (Å²) in [5.41, 5.74) is 2.42. The summed E-state index contributed by atoms with van der Waals surface area (Å²) in [5, 5.41) is 9.57. The smallest absolute Gasteiger partial charge is 0.234 e. The molecule has 3 N–H and O–H groups in total. The molecule has 1 saturated heterocycles. The summed E-state index contributed by atoms with van der Waals surface area (Å²) >= 11 is 0.